The Morgan fingerprint density at radius 3 is 2.18 bits per heavy atom. The standard InChI is InChI=1S/C48H55N17O8/c1-28(2)42(65-26-31(11-21-66)57-59-65)43(70)61-15-19-63(20-16-61)48-54-46(53-47(55-48)62-17-13-60(14-18-62)40(69)27-64-25-30(56-58-64)4-3-12-51-45(49)50)52-29-5-8-34(37(22-29)44(71)72)41-35-9-6-32(67)23-38(35)73-39-24-33(68)7-10-36(39)41/h5-10,22-26,28,42,66-67H,3-4,11-21,27H2,1-2H3,(H,71,72)(H4,49,50,51)(H,52,53,54,55)/t42-/m0/s1. The van der Waals surface area contributed by atoms with Crippen molar-refractivity contribution in [2.24, 2.45) is 22.4 Å². The lowest BCUT2D eigenvalue weighted by Crippen LogP contribution is -2.52. The predicted molar refractivity (Wildman–Crippen MR) is 268 cm³/mol. The smallest absolute Gasteiger partial charge is 0.336 e. The predicted octanol–water partition coefficient (Wildman–Crippen LogP) is 1.72. The van der Waals surface area contributed by atoms with Crippen LogP contribution in [-0.2, 0) is 29.0 Å². The number of fused-ring (bicyclic) bond motifs is 2. The number of aliphatic hydroxyl groups is 1. The zero-order chi connectivity index (χ0) is 51.3. The summed E-state index contributed by atoms with van der Waals surface area (Å²) in [7, 11) is 0. The number of hydrogen-bond acceptors (Lipinski definition) is 18. The van der Waals surface area contributed by atoms with E-state index in [-0.39, 0.29) is 70.9 Å². The minimum Gasteiger partial charge on any atom is -0.508 e. The number of aromatic carboxylic acids is 1. The van der Waals surface area contributed by atoms with Crippen LogP contribution in [0.2, 0.25) is 0 Å². The molecule has 25 nitrogen and oxygen atoms in total. The molecule has 8 N–H and O–H groups in total. The SMILES string of the molecule is CC(C)[C@@H](C(=O)N1CCN(c2nc(Nc3ccc(-c4c5ccc(=O)cc-5oc5cc(O)ccc45)c(C(=O)O)c3)nc(N3CCN(C(=O)Cn4cc(CCCN=C(N)N)nn4)CC3)n2)CC1)n1cc(CCO)nn1. The topological polar surface area (TPSA) is 332 Å². The molecule has 0 bridgehead atoms. The molecule has 4 aliphatic rings. The number of aliphatic imine (C=N–C) groups is 1. The van der Waals surface area contributed by atoms with Crippen LogP contribution in [-0.4, -0.2) is 159 Å². The van der Waals surface area contributed by atoms with E-state index in [1.54, 1.807) is 51.1 Å². The van der Waals surface area contributed by atoms with Crippen molar-refractivity contribution in [1.29, 1.82) is 0 Å². The molecule has 2 saturated heterocycles. The fraction of sp³-hybridized carbons (Fsp3) is 0.375. The first-order chi connectivity index (χ1) is 35.2. The second kappa shape index (κ2) is 21.3. The number of aliphatic hydroxyl groups excluding tert-OH is 1. The van der Waals surface area contributed by atoms with Gasteiger partial charge in [-0.15, -0.1) is 10.2 Å². The number of nitrogens with two attached hydrogens (primary N) is 2. The van der Waals surface area contributed by atoms with Crippen molar-refractivity contribution in [3.05, 3.63) is 94.2 Å². The highest BCUT2D eigenvalue weighted by Gasteiger charge is 2.33. The Kier molecular flexibility index (Phi) is 14.4. The van der Waals surface area contributed by atoms with Crippen LogP contribution in [0.4, 0.5) is 23.5 Å². The Morgan fingerprint density at radius 1 is 0.808 bits per heavy atom. The lowest BCUT2D eigenvalue weighted by Gasteiger charge is -2.38. The van der Waals surface area contributed by atoms with Crippen molar-refractivity contribution >= 4 is 58.2 Å². The summed E-state index contributed by atoms with van der Waals surface area (Å²) in [6, 6.07) is 13.0. The molecule has 2 fully saturated rings. The third-order valence-corrected chi connectivity index (χ3v) is 12.7. The number of nitrogens with zero attached hydrogens (tertiary/aromatic N) is 14. The molecule has 9 rings (SSSR count). The first-order valence-electron chi connectivity index (χ1n) is 23.8. The van der Waals surface area contributed by atoms with Gasteiger partial charge in [-0.05, 0) is 60.7 Å². The zero-order valence-electron chi connectivity index (χ0n) is 40.2. The zero-order valence-corrected chi connectivity index (χ0v) is 40.2. The summed E-state index contributed by atoms with van der Waals surface area (Å²) in [4.78, 5) is 79.1. The van der Waals surface area contributed by atoms with Gasteiger partial charge in [-0.3, -0.25) is 19.4 Å². The van der Waals surface area contributed by atoms with Gasteiger partial charge < -0.3 is 56.1 Å². The maximum absolute atomic E-state index is 14.1. The molecule has 73 heavy (non-hydrogen) atoms. The number of anilines is 4. The van der Waals surface area contributed by atoms with E-state index in [2.05, 4.69) is 30.9 Å². The number of hydrogen-bond donors (Lipinski definition) is 6. The Bertz CT molecular complexity index is 3200. The molecular weight excluding hydrogens is 943 g/mol. The number of phenols is 1. The van der Waals surface area contributed by atoms with E-state index in [4.69, 9.17) is 30.8 Å². The molecule has 0 radical (unpaired) electrons. The van der Waals surface area contributed by atoms with Gasteiger partial charge in [0.1, 0.15) is 29.7 Å². The van der Waals surface area contributed by atoms with Crippen LogP contribution in [0.3, 0.4) is 0 Å². The molecule has 3 aliphatic heterocycles. The number of carboxylic acids is 1. The molecule has 2 aromatic carbocycles. The summed E-state index contributed by atoms with van der Waals surface area (Å²) in [6.45, 7) is 7.24. The number of rotatable bonds is 17. The van der Waals surface area contributed by atoms with Crippen molar-refractivity contribution in [1.82, 2.24) is 54.7 Å². The second-order valence-corrected chi connectivity index (χ2v) is 18.1. The van der Waals surface area contributed by atoms with Crippen molar-refractivity contribution < 1.29 is 34.1 Å². The highest BCUT2D eigenvalue weighted by Crippen LogP contribution is 2.42. The molecule has 1 atom stereocenters. The average Bonchev–Trinajstić information content (AvgIpc) is 4.03. The van der Waals surface area contributed by atoms with Gasteiger partial charge in [0.2, 0.25) is 29.7 Å². The van der Waals surface area contributed by atoms with Crippen molar-refractivity contribution in [3.8, 4) is 28.2 Å². The summed E-state index contributed by atoms with van der Waals surface area (Å²) < 4.78 is 9.08. The number of carbonyl (C=O) groups excluding carboxylic acids is 2. The van der Waals surface area contributed by atoms with E-state index < -0.39 is 12.0 Å². The number of carboxylic acid groups (broad SMARTS) is 1. The molecule has 3 aromatic heterocycles. The van der Waals surface area contributed by atoms with E-state index in [0.29, 0.717) is 124 Å². The Balaban J connectivity index is 0.970. The molecule has 25 heteroatoms. The number of carbonyl (C=O) groups is 3. The van der Waals surface area contributed by atoms with Crippen LogP contribution < -0.4 is 32.0 Å². The summed E-state index contributed by atoms with van der Waals surface area (Å²) in [5.74, 6) is -0.613. The van der Waals surface area contributed by atoms with Gasteiger partial charge in [-0.25, -0.2) is 14.2 Å². The van der Waals surface area contributed by atoms with Gasteiger partial charge in [0.15, 0.2) is 11.4 Å². The van der Waals surface area contributed by atoms with Crippen LogP contribution in [0.5, 0.6) is 5.75 Å². The summed E-state index contributed by atoms with van der Waals surface area (Å²) in [6.07, 6.45) is 5.04. The third-order valence-electron chi connectivity index (χ3n) is 12.7. The Labute approximate surface area is 417 Å². The first kappa shape index (κ1) is 49.2. The number of piperazine rings is 2. The summed E-state index contributed by atoms with van der Waals surface area (Å²) in [5.41, 5.74) is 13.7. The number of amides is 2. The average molecular weight is 998 g/mol. The number of phenolic OH excluding ortho intramolecular Hbond substituents is 1. The van der Waals surface area contributed by atoms with Crippen molar-refractivity contribution in [3.63, 3.8) is 0 Å². The van der Waals surface area contributed by atoms with E-state index in [1.165, 1.54) is 35.0 Å². The lowest BCUT2D eigenvalue weighted by molar-refractivity contribution is -0.137. The van der Waals surface area contributed by atoms with Crippen molar-refractivity contribution in [2.45, 2.75) is 45.7 Å². The number of guanidine groups is 1. The molecule has 380 valence electrons. The van der Waals surface area contributed by atoms with Gasteiger partial charge in [-0.2, -0.15) is 15.0 Å². The van der Waals surface area contributed by atoms with Crippen molar-refractivity contribution in [2.75, 3.05) is 80.6 Å². The minimum atomic E-state index is -1.23. The normalized spacial score (nSPS) is 14.5. The monoisotopic (exact) mass is 997 g/mol. The highest BCUT2D eigenvalue weighted by atomic mass is 16.4. The van der Waals surface area contributed by atoms with Crippen LogP contribution in [0.25, 0.3) is 33.4 Å². The fourth-order valence-electron chi connectivity index (χ4n) is 9.08. The Hall–Kier alpha value is -8.74. The Morgan fingerprint density at radius 2 is 1.49 bits per heavy atom. The van der Waals surface area contributed by atoms with E-state index >= 15 is 0 Å². The molecule has 0 saturated carbocycles. The quantitative estimate of drug-likeness (QED) is 0.0327. The molecule has 5 aromatic rings. The molecule has 0 unspecified atom stereocenters. The molecular formula is C48H55N17O8. The number of aromatic hydroxyl groups is 1. The maximum Gasteiger partial charge on any atom is 0.336 e. The van der Waals surface area contributed by atoms with E-state index in [0.717, 1.165) is 5.69 Å². The van der Waals surface area contributed by atoms with E-state index in [9.17, 15) is 34.5 Å². The van der Waals surface area contributed by atoms with Gasteiger partial charge in [0, 0.05) is 119 Å². The summed E-state index contributed by atoms with van der Waals surface area (Å²) in [5, 5.41) is 50.8. The fourth-order valence-corrected chi connectivity index (χ4v) is 9.08. The lowest BCUT2D eigenvalue weighted by atomic mass is 9.90. The number of aromatic nitrogens is 9. The number of aryl methyl sites for hydroxylation is 1. The minimum absolute atomic E-state index is 0.00862. The van der Waals surface area contributed by atoms with Gasteiger partial charge >= 0.3 is 5.97 Å². The molecule has 2 amide bonds. The van der Waals surface area contributed by atoms with Crippen LogP contribution in [0.1, 0.15) is 48.1 Å². The highest BCUT2D eigenvalue weighted by molar-refractivity contribution is 6.08. The van der Waals surface area contributed by atoms with Crippen LogP contribution >= 0.6 is 0 Å². The molecule has 0 spiro atoms. The first-order valence-corrected chi connectivity index (χ1v) is 23.8. The third kappa shape index (κ3) is 11.1. The van der Waals surface area contributed by atoms with Gasteiger partial charge in [-0.1, -0.05) is 30.3 Å². The largest absolute Gasteiger partial charge is 0.508 e. The van der Waals surface area contributed by atoms with Gasteiger partial charge in [0.05, 0.1) is 17.0 Å². The maximum atomic E-state index is 14.1. The van der Waals surface area contributed by atoms with Crippen LogP contribution in [0.15, 0.2) is 81.2 Å². The molecule has 6 heterocycles. The molecule has 1 aliphatic carbocycles. The summed E-state index contributed by atoms with van der Waals surface area (Å²) >= 11 is 0. The number of benzene rings is 3. The number of nitrogens with one attached hydrogen (secondary N) is 1. The second-order valence-electron chi connectivity index (χ2n) is 18.1. The van der Waals surface area contributed by atoms with Gasteiger partial charge in [0.25, 0.3) is 0 Å². The van der Waals surface area contributed by atoms with Crippen LogP contribution in [0, 0.1) is 5.92 Å². The van der Waals surface area contributed by atoms with E-state index in [1.807, 2.05) is 23.6 Å².